The Kier molecular flexibility index (Phi) is 2.86. The zero-order valence-corrected chi connectivity index (χ0v) is 6.01. The molecule has 2 nitrogen and oxygen atoms in total. The topological polar surface area (TPSA) is 31.9 Å². The molecule has 11 heavy (non-hydrogen) atoms. The van der Waals surface area contributed by atoms with Crippen LogP contribution in [0.4, 0.5) is 10.1 Å². The molecule has 0 spiro atoms. The number of nitrogens with one attached hydrogen (secondary N) is 1. The van der Waals surface area contributed by atoms with E-state index in [-0.39, 0.29) is 12.4 Å². The van der Waals surface area contributed by atoms with Gasteiger partial charge in [0.2, 0.25) is 0 Å². The number of halogens is 1. The van der Waals surface area contributed by atoms with Crippen molar-refractivity contribution >= 4 is 5.69 Å². The molecule has 1 aromatic rings. The SMILES string of the molecule is [O]CCNc1cccc(F)c1. The van der Waals surface area contributed by atoms with Gasteiger partial charge in [0.15, 0.2) is 0 Å². The fourth-order valence-corrected chi connectivity index (χ4v) is 0.794. The first kappa shape index (κ1) is 8.01. The van der Waals surface area contributed by atoms with Crippen LogP contribution in [-0.4, -0.2) is 13.2 Å². The second-order valence-electron chi connectivity index (χ2n) is 2.14. The summed E-state index contributed by atoms with van der Waals surface area (Å²) < 4.78 is 12.5. The van der Waals surface area contributed by atoms with Crippen molar-refractivity contribution in [2.24, 2.45) is 0 Å². The Bertz CT molecular complexity index is 227. The lowest BCUT2D eigenvalue weighted by Gasteiger charge is -2.01. The number of rotatable bonds is 3. The summed E-state index contributed by atoms with van der Waals surface area (Å²) in [5.74, 6) is -0.291. The second-order valence-corrected chi connectivity index (χ2v) is 2.14. The highest BCUT2D eigenvalue weighted by molar-refractivity contribution is 5.42. The normalized spacial score (nSPS) is 9.64. The molecule has 0 aromatic heterocycles. The summed E-state index contributed by atoms with van der Waals surface area (Å²) in [7, 11) is 0. The molecule has 0 atom stereocenters. The zero-order chi connectivity index (χ0) is 8.10. The predicted molar refractivity (Wildman–Crippen MR) is 40.4 cm³/mol. The Morgan fingerprint density at radius 1 is 1.45 bits per heavy atom. The lowest BCUT2D eigenvalue weighted by atomic mass is 10.3. The summed E-state index contributed by atoms with van der Waals surface area (Å²) in [4.78, 5) is 0. The molecule has 0 saturated carbocycles. The van der Waals surface area contributed by atoms with Gasteiger partial charge >= 0.3 is 0 Å². The van der Waals surface area contributed by atoms with E-state index in [1.165, 1.54) is 12.1 Å². The minimum atomic E-state index is -0.291. The van der Waals surface area contributed by atoms with Crippen LogP contribution in [0.2, 0.25) is 0 Å². The maximum absolute atomic E-state index is 12.5. The smallest absolute Gasteiger partial charge is 0.125 e. The summed E-state index contributed by atoms with van der Waals surface area (Å²) in [6, 6.07) is 6.04. The molecular formula is C8H9FNO. The van der Waals surface area contributed by atoms with Gasteiger partial charge in [-0.2, -0.15) is 0 Å². The molecule has 1 N–H and O–H groups in total. The van der Waals surface area contributed by atoms with E-state index < -0.39 is 0 Å². The summed E-state index contributed by atoms with van der Waals surface area (Å²) >= 11 is 0. The maximum atomic E-state index is 12.5. The van der Waals surface area contributed by atoms with Crippen LogP contribution in [0, 0.1) is 5.82 Å². The van der Waals surface area contributed by atoms with Crippen LogP contribution in [0.15, 0.2) is 24.3 Å². The number of anilines is 1. The van der Waals surface area contributed by atoms with Crippen molar-refractivity contribution in [2.75, 3.05) is 18.5 Å². The van der Waals surface area contributed by atoms with Crippen molar-refractivity contribution in [3.63, 3.8) is 0 Å². The van der Waals surface area contributed by atoms with Crippen LogP contribution < -0.4 is 5.32 Å². The van der Waals surface area contributed by atoms with E-state index in [1.54, 1.807) is 12.1 Å². The molecule has 0 heterocycles. The minimum Gasteiger partial charge on any atom is -0.383 e. The summed E-state index contributed by atoms with van der Waals surface area (Å²) in [6.45, 7) is 0.139. The number of hydrogen-bond acceptors (Lipinski definition) is 1. The zero-order valence-electron chi connectivity index (χ0n) is 6.01. The van der Waals surface area contributed by atoms with E-state index in [4.69, 9.17) is 0 Å². The molecule has 59 valence electrons. The minimum absolute atomic E-state index is 0.198. The second kappa shape index (κ2) is 3.93. The van der Waals surface area contributed by atoms with Crippen LogP contribution in [0.3, 0.4) is 0 Å². The third kappa shape index (κ3) is 2.55. The summed E-state index contributed by atoms with van der Waals surface area (Å²) in [5, 5.41) is 12.8. The van der Waals surface area contributed by atoms with Crippen molar-refractivity contribution in [3.05, 3.63) is 30.1 Å². The lowest BCUT2D eigenvalue weighted by molar-refractivity contribution is 0.206. The van der Waals surface area contributed by atoms with Crippen LogP contribution in [-0.2, 0) is 5.11 Å². The lowest BCUT2D eigenvalue weighted by Crippen LogP contribution is -2.04. The van der Waals surface area contributed by atoms with Gasteiger partial charge in [0.05, 0.1) is 6.61 Å². The molecule has 0 fully saturated rings. The molecule has 0 aliphatic rings. The van der Waals surface area contributed by atoms with Crippen LogP contribution in [0.5, 0.6) is 0 Å². The Balaban J connectivity index is 2.56. The number of benzene rings is 1. The molecule has 0 bridgehead atoms. The van der Waals surface area contributed by atoms with Crippen molar-refractivity contribution in [2.45, 2.75) is 0 Å². The first-order chi connectivity index (χ1) is 5.33. The standard InChI is InChI=1S/C8H9FNO/c9-7-2-1-3-8(6-7)10-4-5-11/h1-3,6,10H,4-5H2. The Hall–Kier alpha value is -1.09. The fourth-order valence-electron chi connectivity index (χ4n) is 0.794. The van der Waals surface area contributed by atoms with E-state index in [9.17, 15) is 9.50 Å². The first-order valence-corrected chi connectivity index (χ1v) is 3.40. The first-order valence-electron chi connectivity index (χ1n) is 3.40. The molecule has 1 radical (unpaired) electrons. The third-order valence-corrected chi connectivity index (χ3v) is 1.26. The van der Waals surface area contributed by atoms with Crippen molar-refractivity contribution in [3.8, 4) is 0 Å². The summed E-state index contributed by atoms with van der Waals surface area (Å²) in [6.07, 6.45) is 0. The van der Waals surface area contributed by atoms with E-state index in [1.807, 2.05) is 0 Å². The van der Waals surface area contributed by atoms with Crippen molar-refractivity contribution in [1.29, 1.82) is 0 Å². The van der Waals surface area contributed by atoms with Crippen molar-refractivity contribution in [1.82, 2.24) is 0 Å². The van der Waals surface area contributed by atoms with E-state index >= 15 is 0 Å². The molecular weight excluding hydrogens is 145 g/mol. The van der Waals surface area contributed by atoms with E-state index in [2.05, 4.69) is 5.32 Å². The van der Waals surface area contributed by atoms with Gasteiger partial charge in [-0.1, -0.05) is 6.07 Å². The molecule has 0 saturated heterocycles. The molecule has 1 rings (SSSR count). The molecule has 0 aliphatic carbocycles. The molecule has 1 aromatic carbocycles. The van der Waals surface area contributed by atoms with Crippen LogP contribution in [0.25, 0.3) is 0 Å². The van der Waals surface area contributed by atoms with Gasteiger partial charge in [0.1, 0.15) is 5.82 Å². The van der Waals surface area contributed by atoms with Gasteiger partial charge < -0.3 is 5.32 Å². The predicted octanol–water partition coefficient (Wildman–Crippen LogP) is 1.67. The van der Waals surface area contributed by atoms with Crippen LogP contribution in [0.1, 0.15) is 0 Å². The Labute approximate surface area is 64.7 Å². The van der Waals surface area contributed by atoms with Gasteiger partial charge in [-0.25, -0.2) is 9.50 Å². The largest absolute Gasteiger partial charge is 0.383 e. The summed E-state index contributed by atoms with van der Waals surface area (Å²) in [5.41, 5.74) is 0.654. The van der Waals surface area contributed by atoms with Gasteiger partial charge in [-0.15, -0.1) is 0 Å². The molecule has 0 amide bonds. The molecule has 0 unspecified atom stereocenters. The number of hydrogen-bond donors (Lipinski definition) is 1. The quantitative estimate of drug-likeness (QED) is 0.705. The molecule has 0 aliphatic heterocycles. The van der Waals surface area contributed by atoms with Gasteiger partial charge in [0.25, 0.3) is 0 Å². The maximum Gasteiger partial charge on any atom is 0.125 e. The highest BCUT2D eigenvalue weighted by Crippen LogP contribution is 2.07. The van der Waals surface area contributed by atoms with E-state index in [0.29, 0.717) is 12.2 Å². The van der Waals surface area contributed by atoms with Crippen LogP contribution >= 0.6 is 0 Å². The van der Waals surface area contributed by atoms with Gasteiger partial charge in [-0.3, -0.25) is 0 Å². The van der Waals surface area contributed by atoms with Gasteiger partial charge in [-0.05, 0) is 18.2 Å². The average Bonchev–Trinajstić information content (AvgIpc) is 2.01. The molecule has 3 heteroatoms. The average molecular weight is 154 g/mol. The highest BCUT2D eigenvalue weighted by atomic mass is 19.1. The van der Waals surface area contributed by atoms with Gasteiger partial charge in [0, 0.05) is 12.2 Å². The Morgan fingerprint density at radius 3 is 2.91 bits per heavy atom. The Morgan fingerprint density at radius 2 is 2.27 bits per heavy atom. The highest BCUT2D eigenvalue weighted by Gasteiger charge is 1.91. The third-order valence-electron chi connectivity index (χ3n) is 1.26. The fraction of sp³-hybridized carbons (Fsp3) is 0.250. The van der Waals surface area contributed by atoms with E-state index in [0.717, 1.165) is 0 Å². The van der Waals surface area contributed by atoms with Crippen molar-refractivity contribution < 1.29 is 9.50 Å². The monoisotopic (exact) mass is 154 g/mol.